The van der Waals surface area contributed by atoms with Crippen molar-refractivity contribution < 1.29 is 49.4 Å². The molecular formula is C20H22F9N3O2. The topological polar surface area (TPSA) is 47.0 Å². The van der Waals surface area contributed by atoms with Crippen LogP contribution in [0.25, 0.3) is 0 Å². The maximum Gasteiger partial charge on any atom is 0.429 e. The Balaban J connectivity index is 2.02. The van der Waals surface area contributed by atoms with E-state index in [1.54, 1.807) is 4.90 Å². The molecular weight excluding hydrogens is 485 g/mol. The molecule has 2 unspecified atom stereocenters. The van der Waals surface area contributed by atoms with Crippen LogP contribution in [0.5, 0.6) is 0 Å². The van der Waals surface area contributed by atoms with E-state index in [9.17, 15) is 39.9 Å². The number of anilines is 1. The fourth-order valence-corrected chi connectivity index (χ4v) is 4.39. The molecule has 2 aliphatic rings. The summed E-state index contributed by atoms with van der Waals surface area (Å²) in [5.41, 5.74) is -5.88. The number of piperazine rings is 1. The van der Waals surface area contributed by atoms with E-state index < -0.39 is 61.8 Å². The minimum atomic E-state index is -6.02. The summed E-state index contributed by atoms with van der Waals surface area (Å²) in [6, 6.07) is -0.0155. The molecule has 2 heterocycles. The highest BCUT2D eigenvalue weighted by molar-refractivity contribution is 5.65. The van der Waals surface area contributed by atoms with Crippen LogP contribution in [0.4, 0.5) is 50.0 Å². The highest BCUT2D eigenvalue weighted by Gasteiger charge is 2.69. The first-order valence-corrected chi connectivity index (χ1v) is 10.4. The van der Waals surface area contributed by atoms with E-state index in [1.807, 2.05) is 0 Å². The molecule has 0 radical (unpaired) electrons. The molecule has 192 valence electrons. The van der Waals surface area contributed by atoms with Crippen molar-refractivity contribution in [2.75, 3.05) is 37.6 Å². The van der Waals surface area contributed by atoms with Crippen molar-refractivity contribution in [2.45, 2.75) is 49.9 Å². The number of rotatable bonds is 5. The van der Waals surface area contributed by atoms with Crippen molar-refractivity contribution in [1.82, 2.24) is 9.80 Å². The summed E-state index contributed by atoms with van der Waals surface area (Å²) in [4.78, 5) is 14.0. The van der Waals surface area contributed by atoms with Crippen LogP contribution in [0.1, 0.15) is 24.0 Å². The van der Waals surface area contributed by atoms with Crippen molar-refractivity contribution in [2.24, 2.45) is 0 Å². The third-order valence-corrected chi connectivity index (χ3v) is 6.23. The molecule has 2 atom stereocenters. The van der Waals surface area contributed by atoms with Gasteiger partial charge in [0, 0.05) is 45.0 Å². The Morgan fingerprint density at radius 1 is 1.00 bits per heavy atom. The van der Waals surface area contributed by atoms with Gasteiger partial charge in [-0.2, -0.15) is 26.3 Å². The first-order chi connectivity index (χ1) is 15.7. The Morgan fingerprint density at radius 3 is 2.12 bits per heavy atom. The zero-order chi connectivity index (χ0) is 25.5. The van der Waals surface area contributed by atoms with Crippen LogP contribution in [0.2, 0.25) is 0 Å². The van der Waals surface area contributed by atoms with Crippen LogP contribution in [0.15, 0.2) is 18.2 Å². The van der Waals surface area contributed by atoms with E-state index in [4.69, 9.17) is 5.11 Å². The fourth-order valence-electron chi connectivity index (χ4n) is 4.39. The molecule has 0 aliphatic carbocycles. The molecule has 1 N–H and O–H groups in total. The van der Waals surface area contributed by atoms with Crippen molar-refractivity contribution in [1.29, 1.82) is 0 Å². The number of carboxylic acid groups (broad SMARTS) is 1. The summed E-state index contributed by atoms with van der Waals surface area (Å²) in [7, 11) is 0. The first kappa shape index (κ1) is 26.2. The van der Waals surface area contributed by atoms with E-state index in [0.29, 0.717) is 30.8 Å². The number of alkyl halides is 9. The largest absolute Gasteiger partial charge is 0.465 e. The Labute approximate surface area is 188 Å². The van der Waals surface area contributed by atoms with E-state index in [0.717, 1.165) is 23.1 Å². The van der Waals surface area contributed by atoms with Gasteiger partial charge in [0.15, 0.2) is 0 Å². The summed E-state index contributed by atoms with van der Waals surface area (Å²) in [5, 5.41) is 9.14. The molecule has 2 fully saturated rings. The lowest BCUT2D eigenvalue weighted by molar-refractivity contribution is -0.292. The van der Waals surface area contributed by atoms with Gasteiger partial charge in [0.1, 0.15) is 0 Å². The van der Waals surface area contributed by atoms with E-state index in [2.05, 4.69) is 0 Å². The van der Waals surface area contributed by atoms with E-state index >= 15 is 4.39 Å². The molecule has 0 spiro atoms. The highest BCUT2D eigenvalue weighted by atomic mass is 19.4. The normalized spacial score (nSPS) is 22.4. The van der Waals surface area contributed by atoms with Gasteiger partial charge in [0.05, 0.1) is 11.6 Å². The molecule has 1 aromatic carbocycles. The Bertz CT molecular complexity index is 887. The van der Waals surface area contributed by atoms with Gasteiger partial charge in [0.25, 0.3) is 12.1 Å². The lowest BCUT2D eigenvalue weighted by Crippen LogP contribution is -2.68. The van der Waals surface area contributed by atoms with Crippen molar-refractivity contribution >= 4 is 11.8 Å². The number of carbonyl (C=O) groups is 1. The molecule has 1 aromatic rings. The molecule has 0 aromatic heterocycles. The molecule has 0 saturated carbocycles. The van der Waals surface area contributed by atoms with Crippen molar-refractivity contribution in [3.63, 3.8) is 0 Å². The first-order valence-electron chi connectivity index (χ1n) is 10.4. The van der Waals surface area contributed by atoms with E-state index in [-0.39, 0.29) is 17.8 Å². The van der Waals surface area contributed by atoms with Gasteiger partial charge in [-0.15, -0.1) is 0 Å². The molecule has 1 amide bonds. The molecule has 2 saturated heterocycles. The molecule has 2 aliphatic heterocycles. The van der Waals surface area contributed by atoms with Crippen LogP contribution < -0.4 is 4.90 Å². The van der Waals surface area contributed by atoms with Crippen LogP contribution in [0.3, 0.4) is 0 Å². The maximum atomic E-state index is 15.0. The predicted molar refractivity (Wildman–Crippen MR) is 103 cm³/mol. The van der Waals surface area contributed by atoms with Gasteiger partial charge in [-0.1, -0.05) is 6.07 Å². The average molecular weight is 507 g/mol. The molecule has 0 bridgehead atoms. The second-order valence-corrected chi connectivity index (χ2v) is 8.32. The number of benzene rings is 1. The summed E-state index contributed by atoms with van der Waals surface area (Å²) >= 11 is 0. The minimum Gasteiger partial charge on any atom is -0.465 e. The van der Waals surface area contributed by atoms with Crippen molar-refractivity contribution in [3.8, 4) is 0 Å². The summed E-state index contributed by atoms with van der Waals surface area (Å²) in [6.07, 6.45) is -15.6. The standard InChI is InChI=1S/C20H22F9N3O2/c21-16(22)18(23,20(27,28)29)15-11-32(17(33)34)8-7-31(15)10-12-3-4-13(19(24,25)26)9-14(12)30-5-1-2-6-30/h3-4,9,15-16H,1-2,5-8,10-11H2,(H,33,34). The molecule has 14 heteroatoms. The Kier molecular flexibility index (Phi) is 7.21. The molecule has 34 heavy (non-hydrogen) atoms. The number of hydrogen-bond donors (Lipinski definition) is 1. The highest BCUT2D eigenvalue weighted by Crippen LogP contribution is 2.45. The second-order valence-electron chi connectivity index (χ2n) is 8.32. The average Bonchev–Trinajstić information content (AvgIpc) is 3.26. The van der Waals surface area contributed by atoms with Gasteiger partial charge in [0.2, 0.25) is 0 Å². The zero-order valence-electron chi connectivity index (χ0n) is 17.6. The van der Waals surface area contributed by atoms with E-state index in [1.165, 1.54) is 0 Å². The Hall–Kier alpha value is -2.38. The number of nitrogens with zero attached hydrogens (tertiary/aromatic N) is 3. The summed E-state index contributed by atoms with van der Waals surface area (Å²) in [6.45, 7) is -1.89. The van der Waals surface area contributed by atoms with Crippen LogP contribution in [0, 0.1) is 0 Å². The third-order valence-electron chi connectivity index (χ3n) is 6.23. The fraction of sp³-hybridized carbons (Fsp3) is 0.650. The Morgan fingerprint density at radius 2 is 1.62 bits per heavy atom. The van der Waals surface area contributed by atoms with Gasteiger partial charge in [-0.3, -0.25) is 4.90 Å². The molecule has 5 nitrogen and oxygen atoms in total. The van der Waals surface area contributed by atoms with Crippen LogP contribution in [-0.2, 0) is 12.7 Å². The number of hydrogen-bond acceptors (Lipinski definition) is 3. The van der Waals surface area contributed by atoms with Gasteiger partial charge in [-0.25, -0.2) is 18.0 Å². The number of halogens is 9. The van der Waals surface area contributed by atoms with Crippen LogP contribution >= 0.6 is 0 Å². The van der Waals surface area contributed by atoms with Gasteiger partial charge < -0.3 is 14.9 Å². The predicted octanol–water partition coefficient (Wildman–Crippen LogP) is 5.01. The minimum absolute atomic E-state index is 0.0697. The van der Waals surface area contributed by atoms with Crippen LogP contribution in [-0.4, -0.2) is 78.0 Å². The third kappa shape index (κ3) is 5.01. The van der Waals surface area contributed by atoms with Gasteiger partial charge in [-0.05, 0) is 30.5 Å². The quantitative estimate of drug-likeness (QED) is 0.570. The lowest BCUT2D eigenvalue weighted by Gasteiger charge is -2.46. The van der Waals surface area contributed by atoms with Gasteiger partial charge >= 0.3 is 18.4 Å². The zero-order valence-corrected chi connectivity index (χ0v) is 17.6. The maximum absolute atomic E-state index is 15.0. The second kappa shape index (κ2) is 9.34. The summed E-state index contributed by atoms with van der Waals surface area (Å²) in [5.74, 6) is 0. The smallest absolute Gasteiger partial charge is 0.429 e. The SMILES string of the molecule is O=C(O)N1CCN(Cc2ccc(C(F)(F)F)cc2N2CCCC2)C(C(F)(C(F)F)C(F)(F)F)C1. The number of amides is 1. The summed E-state index contributed by atoms with van der Waals surface area (Å²) < 4.78 is 122. The van der Waals surface area contributed by atoms with Crippen molar-refractivity contribution in [3.05, 3.63) is 29.3 Å². The molecule has 3 rings (SSSR count). The monoisotopic (exact) mass is 507 g/mol. The lowest BCUT2D eigenvalue weighted by atomic mass is 9.91.